The predicted octanol–water partition coefficient (Wildman–Crippen LogP) is -0.294. The van der Waals surface area contributed by atoms with Crippen LogP contribution in [0.15, 0.2) is 0 Å². The third-order valence-electron chi connectivity index (χ3n) is 1.62. The topological polar surface area (TPSA) is 60.4 Å². The lowest BCUT2D eigenvalue weighted by Gasteiger charge is -1.95. The Labute approximate surface area is 63.5 Å². The molecule has 1 aliphatic heterocycles. The number of rotatable bonds is 1. The van der Waals surface area contributed by atoms with Crippen molar-refractivity contribution in [3.63, 3.8) is 0 Å². The number of carbonyl (C=O) groups is 3. The average molecular weight is 156 g/mol. The molecule has 4 nitrogen and oxygen atoms in total. The highest BCUT2D eigenvalue weighted by Crippen LogP contribution is 2.17. The maximum atomic E-state index is 11.0. The molecular weight excluding hydrogens is 148 g/mol. The third-order valence-corrected chi connectivity index (χ3v) is 1.62. The van der Waals surface area contributed by atoms with E-state index in [0.717, 1.165) is 0 Å². The molecule has 1 saturated heterocycles. The van der Waals surface area contributed by atoms with Crippen molar-refractivity contribution in [2.45, 2.75) is 20.0 Å². The van der Waals surface area contributed by atoms with Crippen LogP contribution < -0.4 is 0 Å². The molecule has 1 fully saturated rings. The van der Waals surface area contributed by atoms with E-state index in [-0.39, 0.29) is 0 Å². The molecule has 0 amide bonds. The zero-order valence-electron chi connectivity index (χ0n) is 6.29. The van der Waals surface area contributed by atoms with Gasteiger partial charge in [0.1, 0.15) is 0 Å². The number of hydrogen-bond donors (Lipinski definition) is 0. The first-order valence-corrected chi connectivity index (χ1v) is 3.28. The molecule has 1 aliphatic rings. The molecule has 0 aliphatic carbocycles. The summed E-state index contributed by atoms with van der Waals surface area (Å²) >= 11 is 0. The third kappa shape index (κ3) is 1.15. The fraction of sp³-hybridized carbons (Fsp3) is 0.571. The lowest BCUT2D eigenvalue weighted by molar-refractivity contribution is -0.146. The van der Waals surface area contributed by atoms with Crippen LogP contribution in [0.4, 0.5) is 0 Å². The van der Waals surface area contributed by atoms with E-state index >= 15 is 0 Å². The van der Waals surface area contributed by atoms with Crippen molar-refractivity contribution in [1.82, 2.24) is 0 Å². The minimum absolute atomic E-state index is 0.428. The molecule has 0 radical (unpaired) electrons. The Morgan fingerprint density at radius 3 is 2.18 bits per heavy atom. The van der Waals surface area contributed by atoms with Gasteiger partial charge in [0.05, 0.1) is 0 Å². The van der Waals surface area contributed by atoms with E-state index < -0.39 is 29.6 Å². The molecule has 0 bridgehead atoms. The zero-order valence-corrected chi connectivity index (χ0v) is 6.29. The Morgan fingerprint density at radius 1 is 1.45 bits per heavy atom. The number of ketones is 2. The van der Waals surface area contributed by atoms with E-state index in [0.29, 0.717) is 0 Å². The van der Waals surface area contributed by atoms with Gasteiger partial charge in [0.15, 0.2) is 23.6 Å². The fourth-order valence-electron chi connectivity index (χ4n) is 1.02. The summed E-state index contributed by atoms with van der Waals surface area (Å²) in [7, 11) is 0. The Hall–Kier alpha value is -1.19. The molecule has 0 aromatic carbocycles. The molecule has 1 heterocycles. The quantitative estimate of drug-likeness (QED) is 0.386. The highest BCUT2D eigenvalue weighted by atomic mass is 16.6. The minimum Gasteiger partial charge on any atom is -0.454 e. The summed E-state index contributed by atoms with van der Waals surface area (Å²) < 4.78 is 4.54. The average Bonchev–Trinajstić information content (AvgIpc) is 2.07. The highest BCUT2D eigenvalue weighted by Gasteiger charge is 2.43. The molecule has 0 aromatic heterocycles. The van der Waals surface area contributed by atoms with Crippen LogP contribution in [-0.4, -0.2) is 23.6 Å². The van der Waals surface area contributed by atoms with Crippen LogP contribution in [0.3, 0.4) is 0 Å². The van der Waals surface area contributed by atoms with E-state index in [1.165, 1.54) is 13.8 Å². The van der Waals surface area contributed by atoms with Gasteiger partial charge in [-0.05, 0) is 13.8 Å². The first-order valence-electron chi connectivity index (χ1n) is 3.28. The van der Waals surface area contributed by atoms with Gasteiger partial charge < -0.3 is 4.74 Å². The lowest BCUT2D eigenvalue weighted by atomic mass is 10.0. The van der Waals surface area contributed by atoms with Gasteiger partial charge in [0, 0.05) is 0 Å². The van der Waals surface area contributed by atoms with Crippen LogP contribution in [-0.2, 0) is 19.1 Å². The van der Waals surface area contributed by atoms with Gasteiger partial charge in [-0.2, -0.15) is 0 Å². The number of Topliss-reactive ketones (excluding diaryl/α,β-unsaturated/α-hetero) is 2. The summed E-state index contributed by atoms with van der Waals surface area (Å²) in [5, 5.41) is 0. The highest BCUT2D eigenvalue weighted by molar-refractivity contribution is 6.21. The molecule has 0 saturated carbocycles. The lowest BCUT2D eigenvalue weighted by Crippen LogP contribution is -2.24. The molecule has 0 aromatic rings. The predicted molar refractivity (Wildman–Crippen MR) is 34.7 cm³/mol. The maximum absolute atomic E-state index is 11.0. The fourth-order valence-corrected chi connectivity index (χ4v) is 1.02. The molecule has 60 valence electrons. The second-order valence-corrected chi connectivity index (χ2v) is 2.53. The second kappa shape index (κ2) is 2.45. The summed E-state index contributed by atoms with van der Waals surface area (Å²) in [6.07, 6.45) is -0.753. The van der Waals surface area contributed by atoms with Gasteiger partial charge in [-0.3, -0.25) is 14.4 Å². The SMILES string of the molecule is CC(=O)C1C(=O)O[C@@H](C)C1=O. The van der Waals surface area contributed by atoms with E-state index in [4.69, 9.17) is 0 Å². The first-order chi connectivity index (χ1) is 5.04. The van der Waals surface area contributed by atoms with Crippen LogP contribution >= 0.6 is 0 Å². The largest absolute Gasteiger partial charge is 0.454 e. The molecule has 4 heteroatoms. The van der Waals surface area contributed by atoms with Gasteiger partial charge in [-0.15, -0.1) is 0 Å². The van der Waals surface area contributed by atoms with Crippen molar-refractivity contribution in [1.29, 1.82) is 0 Å². The first kappa shape index (κ1) is 7.91. The molecular formula is C7H8O4. The van der Waals surface area contributed by atoms with E-state index in [2.05, 4.69) is 4.74 Å². The van der Waals surface area contributed by atoms with Crippen molar-refractivity contribution >= 4 is 17.5 Å². The molecule has 0 spiro atoms. The van der Waals surface area contributed by atoms with Gasteiger partial charge >= 0.3 is 5.97 Å². The number of cyclic esters (lactones) is 1. The minimum atomic E-state index is -1.16. The van der Waals surface area contributed by atoms with E-state index in [1.54, 1.807) is 0 Å². The normalized spacial score (nSPS) is 30.4. The van der Waals surface area contributed by atoms with Crippen molar-refractivity contribution in [3.05, 3.63) is 0 Å². The van der Waals surface area contributed by atoms with Crippen LogP contribution in [0, 0.1) is 5.92 Å². The smallest absolute Gasteiger partial charge is 0.324 e. The number of esters is 1. The monoisotopic (exact) mass is 156 g/mol. The van der Waals surface area contributed by atoms with Gasteiger partial charge in [0.2, 0.25) is 0 Å². The summed E-state index contributed by atoms with van der Waals surface area (Å²) in [5.74, 6) is -2.74. The molecule has 0 N–H and O–H groups in total. The van der Waals surface area contributed by atoms with Crippen molar-refractivity contribution < 1.29 is 19.1 Å². The van der Waals surface area contributed by atoms with Crippen LogP contribution in [0.25, 0.3) is 0 Å². The second-order valence-electron chi connectivity index (χ2n) is 2.53. The summed E-state index contributed by atoms with van der Waals surface area (Å²) in [6, 6.07) is 0. The number of ether oxygens (including phenoxy) is 1. The Bertz CT molecular complexity index is 231. The number of carbonyl (C=O) groups excluding carboxylic acids is 3. The van der Waals surface area contributed by atoms with Crippen molar-refractivity contribution in [2.24, 2.45) is 5.92 Å². The molecule has 1 rings (SSSR count). The summed E-state index contributed by atoms with van der Waals surface area (Å²) in [4.78, 5) is 32.5. The van der Waals surface area contributed by atoms with E-state index in [1.807, 2.05) is 0 Å². The Morgan fingerprint density at radius 2 is 2.00 bits per heavy atom. The van der Waals surface area contributed by atoms with Crippen LogP contribution in [0.1, 0.15) is 13.8 Å². The number of hydrogen-bond acceptors (Lipinski definition) is 4. The Balaban J connectivity index is 2.88. The van der Waals surface area contributed by atoms with Crippen molar-refractivity contribution in [3.8, 4) is 0 Å². The van der Waals surface area contributed by atoms with Crippen LogP contribution in [0.2, 0.25) is 0 Å². The van der Waals surface area contributed by atoms with Crippen molar-refractivity contribution in [2.75, 3.05) is 0 Å². The van der Waals surface area contributed by atoms with Gasteiger partial charge in [0.25, 0.3) is 0 Å². The van der Waals surface area contributed by atoms with Gasteiger partial charge in [-0.1, -0.05) is 0 Å². The summed E-state index contributed by atoms with van der Waals surface area (Å²) in [6.45, 7) is 2.67. The Kier molecular flexibility index (Phi) is 1.76. The van der Waals surface area contributed by atoms with Gasteiger partial charge in [-0.25, -0.2) is 0 Å². The maximum Gasteiger partial charge on any atom is 0.324 e. The summed E-state index contributed by atoms with van der Waals surface area (Å²) in [5.41, 5.74) is 0. The van der Waals surface area contributed by atoms with Crippen LogP contribution in [0.5, 0.6) is 0 Å². The standard InChI is InChI=1S/C7H8O4/c1-3(8)5-6(9)4(2)11-7(5)10/h4-5H,1-2H3/t4-,5?/m0/s1. The molecule has 2 atom stereocenters. The molecule has 1 unspecified atom stereocenters. The molecule has 11 heavy (non-hydrogen) atoms. The van der Waals surface area contributed by atoms with E-state index in [9.17, 15) is 14.4 Å². The zero-order chi connectivity index (χ0) is 8.59.